The summed E-state index contributed by atoms with van der Waals surface area (Å²) in [7, 11) is -3.53. The molecule has 1 unspecified atom stereocenters. The van der Waals surface area contributed by atoms with Crippen molar-refractivity contribution in [2.24, 2.45) is 5.92 Å². The number of sulfone groups is 1. The minimum absolute atomic E-state index is 0.0208. The van der Waals surface area contributed by atoms with Gasteiger partial charge in [-0.05, 0) is 24.5 Å². The molecule has 1 atom stereocenters. The Morgan fingerprint density at radius 2 is 2.00 bits per heavy atom. The van der Waals surface area contributed by atoms with Crippen LogP contribution in [-0.2, 0) is 21.1 Å². The lowest BCUT2D eigenvalue weighted by molar-refractivity contribution is -0.122. The number of Topliss-reactive ketones (excluding diaryl/α,β-unsaturated/α-hetero) is 1. The number of hydrogen-bond donors (Lipinski definition) is 0. The maximum Gasteiger partial charge on any atom is 0.272 e. The molecule has 1 aliphatic carbocycles. The minimum atomic E-state index is -3.53. The molecular weight excluding hydrogens is 453 g/mol. The number of fused-ring (bicyclic) bond motifs is 1. The first-order chi connectivity index (χ1) is 15.2. The number of thiophene rings is 1. The molecule has 32 heavy (non-hydrogen) atoms. The standard InChI is InChI=1S/C22H24FN3O4S2/c1-32(29,30)19-12-31-21-20(19)25-13-26(22(21)28)17(9-14-5-3-2-4-6-14)18(27)10-16-8-7-15(23)11-24-16/h7-8,11-14,17H,2-6,9-10H2,1H3. The van der Waals surface area contributed by atoms with Crippen LogP contribution in [0.15, 0.2) is 39.7 Å². The Kier molecular flexibility index (Phi) is 6.52. The molecule has 1 fully saturated rings. The van der Waals surface area contributed by atoms with Crippen LogP contribution in [0, 0.1) is 11.7 Å². The second-order valence-electron chi connectivity index (χ2n) is 8.37. The van der Waals surface area contributed by atoms with Crippen LogP contribution < -0.4 is 5.56 Å². The highest BCUT2D eigenvalue weighted by Gasteiger charge is 2.28. The molecule has 10 heteroatoms. The van der Waals surface area contributed by atoms with Gasteiger partial charge in [0.2, 0.25) is 0 Å². The molecule has 0 aliphatic heterocycles. The largest absolute Gasteiger partial charge is 0.297 e. The van der Waals surface area contributed by atoms with Crippen molar-refractivity contribution in [2.75, 3.05) is 6.26 Å². The molecule has 0 amide bonds. The van der Waals surface area contributed by atoms with Crippen molar-refractivity contribution in [3.8, 4) is 0 Å². The summed E-state index contributed by atoms with van der Waals surface area (Å²) < 4.78 is 38.8. The number of carbonyl (C=O) groups is 1. The zero-order chi connectivity index (χ0) is 22.9. The van der Waals surface area contributed by atoms with Crippen LogP contribution >= 0.6 is 11.3 Å². The highest BCUT2D eigenvalue weighted by Crippen LogP contribution is 2.32. The van der Waals surface area contributed by atoms with Crippen LogP contribution in [-0.4, -0.2) is 35.0 Å². The zero-order valence-corrected chi connectivity index (χ0v) is 19.3. The number of pyridine rings is 1. The van der Waals surface area contributed by atoms with Crippen LogP contribution in [0.4, 0.5) is 4.39 Å². The third-order valence-electron chi connectivity index (χ3n) is 6.00. The minimum Gasteiger partial charge on any atom is -0.297 e. The van der Waals surface area contributed by atoms with E-state index >= 15 is 0 Å². The molecule has 1 aliphatic rings. The van der Waals surface area contributed by atoms with E-state index in [1.54, 1.807) is 0 Å². The summed E-state index contributed by atoms with van der Waals surface area (Å²) in [6.07, 6.45) is 9.28. The van der Waals surface area contributed by atoms with E-state index in [9.17, 15) is 22.4 Å². The second-order valence-corrected chi connectivity index (χ2v) is 11.2. The highest BCUT2D eigenvalue weighted by molar-refractivity contribution is 7.91. The summed E-state index contributed by atoms with van der Waals surface area (Å²) in [4.78, 5) is 34.8. The van der Waals surface area contributed by atoms with Crippen molar-refractivity contribution in [1.29, 1.82) is 0 Å². The van der Waals surface area contributed by atoms with Crippen molar-refractivity contribution < 1.29 is 17.6 Å². The number of aromatic nitrogens is 3. The quantitative estimate of drug-likeness (QED) is 0.514. The van der Waals surface area contributed by atoms with Gasteiger partial charge in [-0.1, -0.05) is 32.1 Å². The third-order valence-corrected chi connectivity index (χ3v) is 8.22. The molecule has 3 heterocycles. The topological polar surface area (TPSA) is 99.0 Å². The number of carbonyl (C=O) groups excluding carboxylic acids is 1. The van der Waals surface area contributed by atoms with Gasteiger partial charge in [0.15, 0.2) is 15.6 Å². The van der Waals surface area contributed by atoms with Crippen molar-refractivity contribution in [3.63, 3.8) is 0 Å². The van der Waals surface area contributed by atoms with Crippen molar-refractivity contribution in [1.82, 2.24) is 14.5 Å². The fourth-order valence-electron chi connectivity index (χ4n) is 4.33. The Hall–Kier alpha value is -2.46. The fraction of sp³-hybridized carbons (Fsp3) is 0.455. The van der Waals surface area contributed by atoms with Crippen LogP contribution in [0.2, 0.25) is 0 Å². The third kappa shape index (κ3) is 4.80. The van der Waals surface area contributed by atoms with Gasteiger partial charge in [0.25, 0.3) is 5.56 Å². The van der Waals surface area contributed by atoms with E-state index in [-0.39, 0.29) is 27.3 Å². The van der Waals surface area contributed by atoms with E-state index in [0.29, 0.717) is 18.0 Å². The Morgan fingerprint density at radius 3 is 2.66 bits per heavy atom. The van der Waals surface area contributed by atoms with Gasteiger partial charge >= 0.3 is 0 Å². The molecule has 3 aromatic rings. The number of rotatable bonds is 7. The molecule has 4 rings (SSSR count). The SMILES string of the molecule is CS(=O)(=O)c1csc2c(=O)n(C(CC3CCCCC3)C(=O)Cc3ccc(F)cn3)cnc12. The van der Waals surface area contributed by atoms with Crippen LogP contribution in [0.25, 0.3) is 10.2 Å². The van der Waals surface area contributed by atoms with E-state index in [1.807, 2.05) is 0 Å². The maximum atomic E-state index is 13.3. The molecule has 7 nitrogen and oxygen atoms in total. The van der Waals surface area contributed by atoms with Crippen LogP contribution in [0.1, 0.15) is 50.3 Å². The number of nitrogens with zero attached hydrogens (tertiary/aromatic N) is 3. The lowest BCUT2D eigenvalue weighted by Gasteiger charge is -2.27. The summed E-state index contributed by atoms with van der Waals surface area (Å²) in [5.74, 6) is -0.362. The van der Waals surface area contributed by atoms with Crippen molar-refractivity contribution in [3.05, 3.63) is 51.9 Å². The molecular formula is C22H24FN3O4S2. The number of hydrogen-bond acceptors (Lipinski definition) is 7. The molecule has 0 spiro atoms. The second kappa shape index (κ2) is 9.19. The van der Waals surface area contributed by atoms with Gasteiger partial charge in [-0.15, -0.1) is 11.3 Å². The Bertz CT molecular complexity index is 1290. The number of ketones is 1. The van der Waals surface area contributed by atoms with Crippen LogP contribution in [0.3, 0.4) is 0 Å². The molecule has 0 N–H and O–H groups in total. The molecule has 0 bridgehead atoms. The van der Waals surface area contributed by atoms with E-state index in [1.165, 1.54) is 34.8 Å². The Balaban J connectivity index is 1.72. The monoisotopic (exact) mass is 477 g/mol. The normalized spacial score (nSPS) is 16.3. The van der Waals surface area contributed by atoms with Gasteiger partial charge in [-0.3, -0.25) is 19.1 Å². The molecule has 0 radical (unpaired) electrons. The van der Waals surface area contributed by atoms with Gasteiger partial charge in [-0.25, -0.2) is 17.8 Å². The maximum absolute atomic E-state index is 13.3. The zero-order valence-electron chi connectivity index (χ0n) is 17.7. The Labute approximate surface area is 189 Å². The first-order valence-electron chi connectivity index (χ1n) is 10.6. The predicted octanol–water partition coefficient (Wildman–Crippen LogP) is 3.72. The van der Waals surface area contributed by atoms with E-state index < -0.39 is 27.3 Å². The Morgan fingerprint density at radius 1 is 1.25 bits per heavy atom. The lowest BCUT2D eigenvalue weighted by Crippen LogP contribution is -2.33. The van der Waals surface area contributed by atoms with Gasteiger partial charge in [0.05, 0.1) is 25.0 Å². The molecule has 1 saturated carbocycles. The van der Waals surface area contributed by atoms with E-state index in [2.05, 4.69) is 9.97 Å². The van der Waals surface area contributed by atoms with Gasteiger partial charge in [-0.2, -0.15) is 0 Å². The van der Waals surface area contributed by atoms with Gasteiger partial charge < -0.3 is 0 Å². The average Bonchev–Trinajstić information content (AvgIpc) is 3.21. The summed E-state index contributed by atoms with van der Waals surface area (Å²) in [5, 5.41) is 1.42. The van der Waals surface area contributed by atoms with Crippen LogP contribution in [0.5, 0.6) is 0 Å². The molecule has 170 valence electrons. The van der Waals surface area contributed by atoms with Crippen molar-refractivity contribution >= 4 is 37.2 Å². The summed E-state index contributed by atoms with van der Waals surface area (Å²) in [6.45, 7) is 0. The van der Waals surface area contributed by atoms with E-state index in [0.717, 1.165) is 49.5 Å². The summed E-state index contributed by atoms with van der Waals surface area (Å²) in [6, 6.07) is 1.98. The smallest absolute Gasteiger partial charge is 0.272 e. The van der Waals surface area contributed by atoms with Crippen molar-refractivity contribution in [2.45, 2.75) is 55.9 Å². The first-order valence-corrected chi connectivity index (χ1v) is 13.3. The summed E-state index contributed by atoms with van der Waals surface area (Å²) >= 11 is 1.02. The average molecular weight is 478 g/mol. The molecule has 0 saturated heterocycles. The predicted molar refractivity (Wildman–Crippen MR) is 120 cm³/mol. The summed E-state index contributed by atoms with van der Waals surface area (Å²) in [5.41, 5.74) is 0.154. The van der Waals surface area contributed by atoms with E-state index in [4.69, 9.17) is 0 Å². The molecule has 3 aromatic heterocycles. The fourth-order valence-corrected chi connectivity index (χ4v) is 6.56. The number of halogens is 1. The van der Waals surface area contributed by atoms with Gasteiger partial charge in [0.1, 0.15) is 20.9 Å². The lowest BCUT2D eigenvalue weighted by atomic mass is 9.83. The molecule has 0 aromatic carbocycles. The highest BCUT2D eigenvalue weighted by atomic mass is 32.2. The first kappa shape index (κ1) is 22.7. The van der Waals surface area contributed by atoms with Gasteiger partial charge in [0, 0.05) is 17.3 Å².